The first-order chi connectivity index (χ1) is 10.5. The summed E-state index contributed by atoms with van der Waals surface area (Å²) in [6.07, 6.45) is 4.90. The van der Waals surface area contributed by atoms with Gasteiger partial charge in [-0.25, -0.2) is 9.69 Å². The summed E-state index contributed by atoms with van der Waals surface area (Å²) in [7, 11) is 0. The molecule has 4 atom stereocenters. The number of anilines is 1. The molecule has 1 aliphatic heterocycles. The van der Waals surface area contributed by atoms with E-state index in [4.69, 9.17) is 16.7 Å². The number of halogens is 1. The minimum atomic E-state index is -1.19. The molecule has 2 fully saturated rings. The number of allylic oxidation sites excluding steroid dienone is 2. The van der Waals surface area contributed by atoms with Gasteiger partial charge in [0.25, 0.3) is 0 Å². The Kier molecular flexibility index (Phi) is 2.72. The molecule has 4 rings (SSSR count). The molecule has 1 aromatic carbocycles. The van der Waals surface area contributed by atoms with E-state index in [0.29, 0.717) is 0 Å². The van der Waals surface area contributed by atoms with Crippen molar-refractivity contribution in [3.63, 3.8) is 0 Å². The monoisotopic (exact) mass is 317 g/mol. The molecule has 2 aliphatic carbocycles. The molecule has 112 valence electrons. The molecular formula is C16H12ClNO4. The van der Waals surface area contributed by atoms with Gasteiger partial charge in [-0.05, 0) is 36.5 Å². The third-order valence-electron chi connectivity index (χ3n) is 4.91. The molecular weight excluding hydrogens is 306 g/mol. The van der Waals surface area contributed by atoms with Gasteiger partial charge >= 0.3 is 5.97 Å². The third kappa shape index (κ3) is 1.63. The maximum atomic E-state index is 12.6. The van der Waals surface area contributed by atoms with Gasteiger partial charge in [0.15, 0.2) is 0 Å². The van der Waals surface area contributed by atoms with Gasteiger partial charge in [-0.3, -0.25) is 9.59 Å². The maximum Gasteiger partial charge on any atom is 0.337 e. The normalized spacial score (nSPS) is 32.0. The van der Waals surface area contributed by atoms with Crippen molar-refractivity contribution >= 4 is 35.1 Å². The fourth-order valence-electron chi connectivity index (χ4n) is 3.97. The van der Waals surface area contributed by atoms with Crippen molar-refractivity contribution in [2.75, 3.05) is 4.90 Å². The van der Waals surface area contributed by atoms with E-state index in [2.05, 4.69) is 0 Å². The van der Waals surface area contributed by atoms with Crippen LogP contribution in [-0.2, 0) is 9.59 Å². The molecule has 1 N–H and O–H groups in total. The van der Waals surface area contributed by atoms with Crippen molar-refractivity contribution in [1.29, 1.82) is 0 Å². The molecule has 0 radical (unpaired) electrons. The molecule has 22 heavy (non-hydrogen) atoms. The lowest BCUT2D eigenvalue weighted by Gasteiger charge is -2.18. The van der Waals surface area contributed by atoms with Gasteiger partial charge in [0, 0.05) is 0 Å². The zero-order valence-corrected chi connectivity index (χ0v) is 12.2. The van der Waals surface area contributed by atoms with Gasteiger partial charge in [-0.2, -0.15) is 0 Å². The highest BCUT2D eigenvalue weighted by molar-refractivity contribution is 6.34. The second-order valence-electron chi connectivity index (χ2n) is 5.98. The van der Waals surface area contributed by atoms with E-state index >= 15 is 0 Å². The predicted molar refractivity (Wildman–Crippen MR) is 78.6 cm³/mol. The molecule has 0 spiro atoms. The zero-order chi connectivity index (χ0) is 15.6. The Morgan fingerprint density at radius 1 is 1.14 bits per heavy atom. The Hall–Kier alpha value is -2.14. The molecule has 2 bridgehead atoms. The van der Waals surface area contributed by atoms with Crippen LogP contribution in [-0.4, -0.2) is 22.9 Å². The number of hydrogen-bond donors (Lipinski definition) is 1. The fraction of sp³-hybridized carbons (Fsp3) is 0.312. The number of carbonyl (C=O) groups excluding carboxylic acids is 2. The van der Waals surface area contributed by atoms with Gasteiger partial charge in [-0.1, -0.05) is 23.8 Å². The molecule has 1 heterocycles. The number of hydrogen-bond acceptors (Lipinski definition) is 3. The van der Waals surface area contributed by atoms with Crippen LogP contribution in [0.3, 0.4) is 0 Å². The molecule has 1 saturated heterocycles. The largest absolute Gasteiger partial charge is 0.478 e. The highest BCUT2D eigenvalue weighted by atomic mass is 35.5. The second kappa shape index (κ2) is 4.43. The van der Waals surface area contributed by atoms with Gasteiger partial charge in [0.05, 0.1) is 28.1 Å². The van der Waals surface area contributed by atoms with Crippen LogP contribution in [0.4, 0.5) is 5.69 Å². The van der Waals surface area contributed by atoms with Gasteiger partial charge < -0.3 is 5.11 Å². The molecule has 1 aromatic rings. The smallest absolute Gasteiger partial charge is 0.337 e. The summed E-state index contributed by atoms with van der Waals surface area (Å²) in [5, 5.41) is 9.22. The van der Waals surface area contributed by atoms with Gasteiger partial charge in [-0.15, -0.1) is 0 Å². The lowest BCUT2D eigenvalue weighted by molar-refractivity contribution is -0.123. The summed E-state index contributed by atoms with van der Waals surface area (Å²) in [6, 6.07) is 4.21. The third-order valence-corrected chi connectivity index (χ3v) is 5.24. The van der Waals surface area contributed by atoms with Crippen molar-refractivity contribution in [2.45, 2.75) is 6.42 Å². The van der Waals surface area contributed by atoms with Crippen LogP contribution in [0.2, 0.25) is 5.02 Å². The molecule has 3 aliphatic rings. The standard InChI is InChI=1S/C16H12ClNO4/c17-11-4-3-9(6-10(11)16(21)22)18-14(19)12-7-1-2-8(5-7)13(12)15(18)20/h1-4,6-8,12-13H,5H2,(H,21,22)/t7-,8+,12+,13-. The lowest BCUT2D eigenvalue weighted by Crippen LogP contribution is -2.33. The average molecular weight is 318 g/mol. The second-order valence-corrected chi connectivity index (χ2v) is 6.39. The van der Waals surface area contributed by atoms with Crippen molar-refractivity contribution in [3.8, 4) is 0 Å². The number of nitrogens with zero attached hydrogens (tertiary/aromatic N) is 1. The van der Waals surface area contributed by atoms with Crippen molar-refractivity contribution in [1.82, 2.24) is 0 Å². The quantitative estimate of drug-likeness (QED) is 0.671. The van der Waals surface area contributed by atoms with Crippen molar-refractivity contribution in [3.05, 3.63) is 40.9 Å². The molecule has 2 amide bonds. The SMILES string of the molecule is O=C(O)c1cc(N2C(=O)[C@@H]3[C@H](C2=O)[C@H]2C=C[C@@H]3C2)ccc1Cl. The first kappa shape index (κ1) is 13.5. The number of rotatable bonds is 2. The minimum Gasteiger partial charge on any atom is -0.478 e. The van der Waals surface area contributed by atoms with E-state index in [-0.39, 0.29) is 51.8 Å². The fourth-order valence-corrected chi connectivity index (χ4v) is 4.17. The Labute approximate surface area is 131 Å². The number of carboxylic acids is 1. The summed E-state index contributed by atoms with van der Waals surface area (Å²) in [5.74, 6) is -1.99. The number of aromatic carboxylic acids is 1. The average Bonchev–Trinajstić information content (AvgIpc) is 3.14. The van der Waals surface area contributed by atoms with Crippen LogP contribution in [0, 0.1) is 23.7 Å². The van der Waals surface area contributed by atoms with Crippen LogP contribution < -0.4 is 4.90 Å². The first-order valence-electron chi connectivity index (χ1n) is 7.08. The maximum absolute atomic E-state index is 12.6. The van der Waals surface area contributed by atoms with E-state index in [9.17, 15) is 14.4 Å². The summed E-state index contributed by atoms with van der Waals surface area (Å²) in [6.45, 7) is 0. The van der Waals surface area contributed by atoms with Crippen molar-refractivity contribution in [2.24, 2.45) is 23.7 Å². The number of fused-ring (bicyclic) bond motifs is 5. The Bertz CT molecular complexity index is 727. The molecule has 0 aromatic heterocycles. The summed E-state index contributed by atoms with van der Waals surface area (Å²) in [4.78, 5) is 37.6. The van der Waals surface area contributed by atoms with E-state index in [1.165, 1.54) is 18.2 Å². The van der Waals surface area contributed by atoms with Crippen LogP contribution in [0.5, 0.6) is 0 Å². The molecule has 5 nitrogen and oxygen atoms in total. The van der Waals surface area contributed by atoms with Crippen LogP contribution >= 0.6 is 11.6 Å². The molecule has 6 heteroatoms. The Balaban J connectivity index is 1.76. The van der Waals surface area contributed by atoms with E-state index in [0.717, 1.165) is 11.3 Å². The van der Waals surface area contributed by atoms with E-state index in [1.807, 2.05) is 12.2 Å². The van der Waals surface area contributed by atoms with E-state index < -0.39 is 5.97 Å². The zero-order valence-electron chi connectivity index (χ0n) is 11.4. The predicted octanol–water partition coefficient (Wildman–Crippen LogP) is 2.35. The molecule has 1 saturated carbocycles. The highest BCUT2D eigenvalue weighted by Gasteiger charge is 2.59. The summed E-state index contributed by atoms with van der Waals surface area (Å²) >= 11 is 5.84. The Morgan fingerprint density at radius 2 is 1.73 bits per heavy atom. The summed E-state index contributed by atoms with van der Waals surface area (Å²) < 4.78 is 0. The number of benzene rings is 1. The highest BCUT2D eigenvalue weighted by Crippen LogP contribution is 2.53. The van der Waals surface area contributed by atoms with Gasteiger partial charge in [0.1, 0.15) is 0 Å². The van der Waals surface area contributed by atoms with E-state index in [1.54, 1.807) is 0 Å². The number of carbonyl (C=O) groups is 3. The number of amides is 2. The van der Waals surface area contributed by atoms with Gasteiger partial charge in [0.2, 0.25) is 11.8 Å². The summed E-state index contributed by atoms with van der Waals surface area (Å²) in [5.41, 5.74) is 0.170. The number of carboxylic acid groups (broad SMARTS) is 1. The Morgan fingerprint density at radius 3 is 2.27 bits per heavy atom. The van der Waals surface area contributed by atoms with Crippen LogP contribution in [0.25, 0.3) is 0 Å². The lowest BCUT2D eigenvalue weighted by atomic mass is 9.85. The van der Waals surface area contributed by atoms with Crippen molar-refractivity contribution < 1.29 is 19.5 Å². The molecule has 0 unspecified atom stereocenters. The first-order valence-corrected chi connectivity index (χ1v) is 7.46. The van der Waals surface area contributed by atoms with Crippen LogP contribution in [0.1, 0.15) is 16.8 Å². The minimum absolute atomic E-state index is 0.0808. The topological polar surface area (TPSA) is 74.7 Å². The number of imide groups is 1. The van der Waals surface area contributed by atoms with Crippen LogP contribution in [0.15, 0.2) is 30.4 Å².